The van der Waals surface area contributed by atoms with Gasteiger partial charge in [-0.25, -0.2) is 9.97 Å². The van der Waals surface area contributed by atoms with E-state index < -0.39 is 0 Å². The van der Waals surface area contributed by atoms with Crippen LogP contribution in [-0.2, 0) is 0 Å². The van der Waals surface area contributed by atoms with Crippen molar-refractivity contribution >= 4 is 51.8 Å². The van der Waals surface area contributed by atoms with Gasteiger partial charge >= 0.3 is 0 Å². The fraction of sp³-hybridized carbons (Fsp3) is 0.0476. The Morgan fingerprint density at radius 3 is 2.55 bits per heavy atom. The van der Waals surface area contributed by atoms with Gasteiger partial charge in [0.2, 0.25) is 0 Å². The molecule has 0 saturated heterocycles. The number of hydrogen-bond donors (Lipinski definition) is 0. The van der Waals surface area contributed by atoms with Crippen LogP contribution in [0.3, 0.4) is 0 Å². The van der Waals surface area contributed by atoms with Crippen LogP contribution in [0.2, 0.25) is 10.0 Å². The number of nitrogens with zero attached hydrogens (tertiary/aromatic N) is 3. The summed E-state index contributed by atoms with van der Waals surface area (Å²) in [6.07, 6.45) is 1.55. The standard InChI is InChI=1S/C21H13Cl2N3O2S/c22-14-6-8-16(9-7-14)26-20(28)19-17(5-2-10-24-19)25-21(26)29-12-18(27)13-3-1-4-15(23)11-13/h1-11H,12H2. The van der Waals surface area contributed by atoms with Crippen molar-refractivity contribution in [3.63, 3.8) is 0 Å². The number of carbonyl (C=O) groups is 1. The number of rotatable bonds is 5. The van der Waals surface area contributed by atoms with E-state index >= 15 is 0 Å². The zero-order valence-corrected chi connectivity index (χ0v) is 17.2. The highest BCUT2D eigenvalue weighted by Gasteiger charge is 2.16. The molecule has 0 saturated carbocycles. The van der Waals surface area contributed by atoms with Crippen molar-refractivity contribution in [1.82, 2.24) is 14.5 Å². The van der Waals surface area contributed by atoms with Gasteiger partial charge < -0.3 is 0 Å². The molecule has 0 aliphatic heterocycles. The number of thioether (sulfide) groups is 1. The molecular formula is C21H13Cl2N3O2S. The third-order valence-corrected chi connectivity index (χ3v) is 5.59. The van der Waals surface area contributed by atoms with Crippen LogP contribution < -0.4 is 5.56 Å². The summed E-state index contributed by atoms with van der Waals surface area (Å²) >= 11 is 13.1. The fourth-order valence-electron chi connectivity index (χ4n) is 2.79. The van der Waals surface area contributed by atoms with Gasteiger partial charge in [0, 0.05) is 21.8 Å². The zero-order valence-electron chi connectivity index (χ0n) is 14.9. The average Bonchev–Trinajstić information content (AvgIpc) is 2.73. The van der Waals surface area contributed by atoms with Gasteiger partial charge in [0.15, 0.2) is 16.5 Å². The first-order valence-corrected chi connectivity index (χ1v) is 10.3. The summed E-state index contributed by atoms with van der Waals surface area (Å²) in [6.45, 7) is 0. The Morgan fingerprint density at radius 1 is 1.00 bits per heavy atom. The zero-order chi connectivity index (χ0) is 20.4. The normalized spacial score (nSPS) is 11.0. The van der Waals surface area contributed by atoms with Gasteiger partial charge in [0.25, 0.3) is 5.56 Å². The van der Waals surface area contributed by atoms with E-state index in [-0.39, 0.29) is 22.6 Å². The van der Waals surface area contributed by atoms with Crippen LogP contribution in [0.5, 0.6) is 0 Å². The average molecular weight is 442 g/mol. The SMILES string of the molecule is O=C(CSc1nc2cccnc2c(=O)n1-c1ccc(Cl)cc1)c1cccc(Cl)c1. The van der Waals surface area contributed by atoms with Crippen molar-refractivity contribution in [2.45, 2.75) is 5.16 Å². The van der Waals surface area contributed by atoms with Crippen molar-refractivity contribution in [1.29, 1.82) is 0 Å². The third kappa shape index (κ3) is 4.19. The molecule has 8 heteroatoms. The molecule has 2 heterocycles. The van der Waals surface area contributed by atoms with Gasteiger partial charge in [-0.3, -0.25) is 14.2 Å². The highest BCUT2D eigenvalue weighted by atomic mass is 35.5. The summed E-state index contributed by atoms with van der Waals surface area (Å²) in [5.74, 6) is -0.00716. The number of halogens is 2. The van der Waals surface area contributed by atoms with Crippen LogP contribution in [0.25, 0.3) is 16.7 Å². The molecule has 0 spiro atoms. The lowest BCUT2D eigenvalue weighted by atomic mass is 10.1. The number of benzene rings is 2. The smallest absolute Gasteiger partial charge is 0.285 e. The quantitative estimate of drug-likeness (QED) is 0.246. The molecule has 2 aromatic heterocycles. The molecule has 0 unspecified atom stereocenters. The first-order valence-electron chi connectivity index (χ1n) is 8.58. The lowest BCUT2D eigenvalue weighted by Gasteiger charge is -2.12. The van der Waals surface area contributed by atoms with Crippen molar-refractivity contribution in [3.05, 3.63) is 92.8 Å². The van der Waals surface area contributed by atoms with Crippen LogP contribution in [-0.4, -0.2) is 26.1 Å². The molecule has 0 atom stereocenters. The molecule has 0 aliphatic carbocycles. The molecule has 144 valence electrons. The number of hydrogen-bond acceptors (Lipinski definition) is 5. The Kier molecular flexibility index (Phi) is 5.67. The molecule has 0 radical (unpaired) electrons. The number of ketones is 1. The van der Waals surface area contributed by atoms with E-state index in [1.54, 1.807) is 66.9 Å². The molecular weight excluding hydrogens is 429 g/mol. The van der Waals surface area contributed by atoms with E-state index in [1.807, 2.05) is 0 Å². The van der Waals surface area contributed by atoms with Gasteiger partial charge in [-0.2, -0.15) is 0 Å². The Balaban J connectivity index is 1.76. The second-order valence-electron chi connectivity index (χ2n) is 6.10. The summed E-state index contributed by atoms with van der Waals surface area (Å²) in [5, 5.41) is 1.45. The highest BCUT2D eigenvalue weighted by Crippen LogP contribution is 2.23. The predicted molar refractivity (Wildman–Crippen MR) is 117 cm³/mol. The Labute approximate surface area is 180 Å². The van der Waals surface area contributed by atoms with Gasteiger partial charge in [0.1, 0.15) is 0 Å². The van der Waals surface area contributed by atoms with Crippen molar-refractivity contribution < 1.29 is 4.79 Å². The molecule has 4 rings (SSSR count). The molecule has 0 aliphatic rings. The van der Waals surface area contributed by atoms with E-state index in [0.29, 0.717) is 32.0 Å². The highest BCUT2D eigenvalue weighted by molar-refractivity contribution is 7.99. The Hall–Kier alpha value is -2.67. The number of fused-ring (bicyclic) bond motifs is 1. The van der Waals surface area contributed by atoms with Gasteiger partial charge in [0.05, 0.1) is 17.0 Å². The number of carbonyl (C=O) groups excluding carboxylic acids is 1. The minimum atomic E-state index is -0.310. The maximum atomic E-state index is 13.1. The van der Waals surface area contributed by atoms with E-state index in [0.717, 1.165) is 0 Å². The van der Waals surface area contributed by atoms with Gasteiger partial charge in [-0.1, -0.05) is 47.1 Å². The lowest BCUT2D eigenvalue weighted by Crippen LogP contribution is -2.23. The summed E-state index contributed by atoms with van der Waals surface area (Å²) in [5.41, 5.74) is 1.52. The molecule has 0 amide bonds. The van der Waals surface area contributed by atoms with Gasteiger partial charge in [-0.15, -0.1) is 0 Å². The lowest BCUT2D eigenvalue weighted by molar-refractivity contribution is 0.102. The van der Waals surface area contributed by atoms with Crippen LogP contribution in [0.4, 0.5) is 0 Å². The Morgan fingerprint density at radius 2 is 1.79 bits per heavy atom. The van der Waals surface area contributed by atoms with Crippen molar-refractivity contribution in [2.24, 2.45) is 0 Å². The maximum absolute atomic E-state index is 13.1. The summed E-state index contributed by atoms with van der Waals surface area (Å²) in [7, 11) is 0. The van der Waals surface area contributed by atoms with Crippen molar-refractivity contribution in [2.75, 3.05) is 5.75 Å². The minimum Gasteiger partial charge on any atom is -0.293 e. The molecule has 5 nitrogen and oxygen atoms in total. The van der Waals surface area contributed by atoms with Gasteiger partial charge in [-0.05, 0) is 48.5 Å². The molecule has 2 aromatic carbocycles. The van der Waals surface area contributed by atoms with Crippen LogP contribution in [0.15, 0.2) is 76.8 Å². The Bertz CT molecular complexity index is 1270. The summed E-state index contributed by atoms with van der Waals surface area (Å²) in [4.78, 5) is 34.4. The predicted octanol–water partition coefficient (Wildman–Crippen LogP) is 5.06. The molecule has 0 fully saturated rings. The maximum Gasteiger partial charge on any atom is 0.285 e. The van der Waals surface area contributed by atoms with Crippen LogP contribution >= 0.6 is 35.0 Å². The van der Waals surface area contributed by atoms with E-state index in [9.17, 15) is 9.59 Å². The van der Waals surface area contributed by atoms with E-state index in [4.69, 9.17) is 23.2 Å². The number of aromatic nitrogens is 3. The van der Waals surface area contributed by atoms with E-state index in [1.165, 1.54) is 16.3 Å². The molecule has 29 heavy (non-hydrogen) atoms. The first kappa shape index (κ1) is 19.6. The largest absolute Gasteiger partial charge is 0.293 e. The van der Waals surface area contributed by atoms with E-state index in [2.05, 4.69) is 9.97 Å². The molecule has 0 N–H and O–H groups in total. The monoisotopic (exact) mass is 441 g/mol. The van der Waals surface area contributed by atoms with Crippen LogP contribution in [0.1, 0.15) is 10.4 Å². The second kappa shape index (κ2) is 8.37. The third-order valence-electron chi connectivity index (χ3n) is 4.16. The van der Waals surface area contributed by atoms with Crippen molar-refractivity contribution in [3.8, 4) is 5.69 Å². The van der Waals surface area contributed by atoms with Crippen LogP contribution in [0, 0.1) is 0 Å². The minimum absolute atomic E-state index is 0.103. The number of pyridine rings is 1. The fourth-order valence-corrected chi connectivity index (χ4v) is 4.01. The number of Topliss-reactive ketones (excluding diaryl/α,β-unsaturated/α-hetero) is 1. The first-order chi connectivity index (χ1) is 14.0. The molecule has 4 aromatic rings. The summed E-state index contributed by atoms with van der Waals surface area (Å²) in [6, 6.07) is 17.0. The topological polar surface area (TPSA) is 64.8 Å². The summed E-state index contributed by atoms with van der Waals surface area (Å²) < 4.78 is 1.45. The second-order valence-corrected chi connectivity index (χ2v) is 7.92. The molecule has 0 bridgehead atoms.